The summed E-state index contributed by atoms with van der Waals surface area (Å²) < 4.78 is 38.6. The van der Waals surface area contributed by atoms with Crippen molar-refractivity contribution in [2.24, 2.45) is 16.7 Å². The summed E-state index contributed by atoms with van der Waals surface area (Å²) in [4.78, 5) is 63.2. The number of hydrogen-bond donors (Lipinski definition) is 2. The molecule has 14 nitrogen and oxygen atoms in total. The molecule has 0 radical (unpaired) electrons. The van der Waals surface area contributed by atoms with Gasteiger partial charge in [-0.15, -0.1) is 6.42 Å². The Morgan fingerprint density at radius 3 is 2.33 bits per heavy atom. The summed E-state index contributed by atoms with van der Waals surface area (Å²) in [5, 5.41) is 14.3. The van der Waals surface area contributed by atoms with E-state index in [-0.39, 0.29) is 63.1 Å². The van der Waals surface area contributed by atoms with Crippen molar-refractivity contribution in [2.45, 2.75) is 90.4 Å². The van der Waals surface area contributed by atoms with E-state index < -0.39 is 17.7 Å². The fourth-order valence-electron chi connectivity index (χ4n) is 12.4. The number of anilines is 2. The molecule has 4 amide bonds. The number of piperidine rings is 1. The number of pyridine rings is 1. The highest BCUT2D eigenvalue weighted by atomic mass is 19.1. The van der Waals surface area contributed by atoms with Crippen molar-refractivity contribution in [1.29, 1.82) is 0 Å². The van der Waals surface area contributed by atoms with E-state index in [0.29, 0.717) is 52.3 Å². The molecule has 6 fully saturated rings. The number of nitrogens with zero attached hydrogens (tertiary/aromatic N) is 8. The highest BCUT2D eigenvalue weighted by Crippen LogP contribution is 2.48. The smallest absolute Gasteiger partial charge is 0.328 e. The van der Waals surface area contributed by atoms with Crippen LogP contribution in [0.4, 0.5) is 25.1 Å². The van der Waals surface area contributed by atoms with Gasteiger partial charge in [0.2, 0.25) is 5.91 Å². The molecule has 3 aromatic carbocycles. The maximum atomic E-state index is 17.1. The van der Waals surface area contributed by atoms with Crippen LogP contribution in [0.25, 0.3) is 32.9 Å². The summed E-state index contributed by atoms with van der Waals surface area (Å²) >= 11 is 0. The molecular weight excluding hydrogens is 929 g/mol. The molecule has 16 heteroatoms. The van der Waals surface area contributed by atoms with Gasteiger partial charge in [0, 0.05) is 112 Å². The Morgan fingerprint density at radius 1 is 0.877 bits per heavy atom. The number of hydrogen-bond acceptors (Lipinski definition) is 11. The molecule has 11 rings (SSSR count). The third kappa shape index (κ3) is 10.0. The number of aromatic nitrogens is 3. The minimum Gasteiger partial charge on any atom is -0.508 e. The predicted molar refractivity (Wildman–Crippen MR) is 277 cm³/mol. The molecule has 5 aromatic rings. The number of phenolic OH excluding ortho intramolecular Hbond substituents is 1. The van der Waals surface area contributed by atoms with E-state index in [0.717, 1.165) is 122 Å². The maximum Gasteiger partial charge on any atom is 0.328 e. The van der Waals surface area contributed by atoms with E-state index in [4.69, 9.17) is 21.1 Å². The number of piperazine rings is 1. The Bertz CT molecular complexity index is 3000. The highest BCUT2D eigenvalue weighted by molar-refractivity contribution is 6.07. The van der Waals surface area contributed by atoms with Crippen LogP contribution in [0.3, 0.4) is 0 Å². The molecule has 1 spiro atoms. The number of benzene rings is 3. The van der Waals surface area contributed by atoms with Gasteiger partial charge in [0.1, 0.15) is 28.6 Å². The van der Waals surface area contributed by atoms with Crippen molar-refractivity contribution in [2.75, 3.05) is 88.4 Å². The van der Waals surface area contributed by atoms with Crippen molar-refractivity contribution in [1.82, 2.24) is 35.0 Å². The number of amides is 4. The van der Waals surface area contributed by atoms with Crippen LogP contribution in [0.2, 0.25) is 0 Å². The molecular formula is C57H65F2N9O5. The molecule has 4 saturated heterocycles. The van der Waals surface area contributed by atoms with Crippen LogP contribution in [0.15, 0.2) is 48.7 Å². The Morgan fingerprint density at radius 2 is 1.62 bits per heavy atom. The number of phenols is 1. The van der Waals surface area contributed by atoms with Crippen LogP contribution in [-0.2, 0) is 4.79 Å². The van der Waals surface area contributed by atoms with Gasteiger partial charge in [-0.1, -0.05) is 30.9 Å². The Balaban J connectivity index is 0.690. The maximum absolute atomic E-state index is 17.1. The number of likely N-dealkylation sites (tertiary alicyclic amines) is 1. The van der Waals surface area contributed by atoms with Gasteiger partial charge in [-0.05, 0) is 124 Å². The van der Waals surface area contributed by atoms with Crippen molar-refractivity contribution >= 4 is 51.0 Å². The third-order valence-corrected chi connectivity index (χ3v) is 17.1. The van der Waals surface area contributed by atoms with Gasteiger partial charge in [-0.25, -0.2) is 13.6 Å². The summed E-state index contributed by atoms with van der Waals surface area (Å²) in [5.74, 6) is 1.93. The number of nitrogens with one attached hydrogen (secondary N) is 1. The largest absolute Gasteiger partial charge is 0.508 e. The first-order valence-corrected chi connectivity index (χ1v) is 26.5. The highest BCUT2D eigenvalue weighted by Gasteiger charge is 2.46. The molecule has 2 N–H and O–H groups in total. The van der Waals surface area contributed by atoms with Crippen LogP contribution in [0.1, 0.15) is 105 Å². The fourth-order valence-corrected chi connectivity index (χ4v) is 12.4. The first-order chi connectivity index (χ1) is 35.4. The van der Waals surface area contributed by atoms with E-state index in [1.807, 2.05) is 24.0 Å². The topological polar surface area (TPSA) is 148 Å². The Labute approximate surface area is 425 Å². The van der Waals surface area contributed by atoms with Crippen LogP contribution in [-0.4, -0.2) is 131 Å². The number of aryl methyl sites for hydroxylation is 1. The van der Waals surface area contributed by atoms with E-state index in [2.05, 4.69) is 30.9 Å². The average molecular weight is 994 g/mol. The number of urea groups is 1. The normalized spacial score (nSPS) is 20.8. The molecule has 0 bridgehead atoms. The molecule has 382 valence electrons. The summed E-state index contributed by atoms with van der Waals surface area (Å²) in [6.45, 7) is 11.8. The standard InChI is InChI=1S/C57H65F2N9O5/c1-3-42-45(58)11-10-39-30-41(69)32-43(48(39)42)50-49(59)51-44(33-60-50)52(66-21-6-4-5-7-22-66)63-54(62-51)73-36-57(17-18-57)35-65-28-26-64(27-29-65)34-38-12-15-56(16-13-38)19-24-67(25-20-56)53(71)40-9-8-37(2)46(31-40)68-23-14-47(70)61-55(68)72/h1,8-11,30-33,38,69H,4-7,12-29,34-36H2,2H3,(H,61,70,72). The number of terminal acetylenes is 1. The predicted octanol–water partition coefficient (Wildman–Crippen LogP) is 8.83. The van der Waals surface area contributed by atoms with Gasteiger partial charge >= 0.3 is 12.0 Å². The second-order valence-corrected chi connectivity index (χ2v) is 21.9. The number of ether oxygens (including phenoxy) is 1. The van der Waals surface area contributed by atoms with Crippen LogP contribution in [0, 0.1) is 47.6 Å². The van der Waals surface area contributed by atoms with Gasteiger partial charge < -0.3 is 29.4 Å². The summed E-state index contributed by atoms with van der Waals surface area (Å²) in [7, 11) is 0. The lowest BCUT2D eigenvalue weighted by atomic mass is 9.65. The lowest BCUT2D eigenvalue weighted by Gasteiger charge is -2.47. The third-order valence-electron chi connectivity index (χ3n) is 17.1. The summed E-state index contributed by atoms with van der Waals surface area (Å²) in [6, 6.07) is 10.8. The number of aromatic hydroxyl groups is 1. The second kappa shape index (κ2) is 20.1. The fraction of sp³-hybridized carbons (Fsp3) is 0.509. The van der Waals surface area contributed by atoms with E-state index in [9.17, 15) is 19.5 Å². The molecule has 6 aliphatic rings. The lowest BCUT2D eigenvalue weighted by molar-refractivity contribution is -0.120. The van der Waals surface area contributed by atoms with Gasteiger partial charge in [0.15, 0.2) is 5.82 Å². The van der Waals surface area contributed by atoms with Crippen molar-refractivity contribution < 1.29 is 33.0 Å². The van der Waals surface area contributed by atoms with Gasteiger partial charge in [0.25, 0.3) is 5.91 Å². The SMILES string of the molecule is C#Cc1c(F)ccc2cc(O)cc(-c3ncc4c(N5CCCCCC5)nc(OCC5(CN6CCN(CC7CCC8(CC7)CCN(C(=O)c7ccc(C)c(N9CCC(=O)NC9=O)c7)CC8)CC6)CC5)nc4c3F)c12. The summed E-state index contributed by atoms with van der Waals surface area (Å²) in [5.41, 5.74) is 2.50. The number of carbonyl (C=O) groups excluding carboxylic acids is 3. The zero-order chi connectivity index (χ0) is 50.4. The van der Waals surface area contributed by atoms with Gasteiger partial charge in [0.05, 0.1) is 17.6 Å². The van der Waals surface area contributed by atoms with E-state index in [1.54, 1.807) is 17.2 Å². The van der Waals surface area contributed by atoms with Gasteiger partial charge in [-0.3, -0.25) is 24.8 Å². The van der Waals surface area contributed by atoms with Crippen LogP contribution < -0.4 is 19.9 Å². The van der Waals surface area contributed by atoms with Crippen LogP contribution in [0.5, 0.6) is 11.8 Å². The Kier molecular flexibility index (Phi) is 13.4. The number of rotatable bonds is 11. The Hall–Kier alpha value is -6.44. The zero-order valence-electron chi connectivity index (χ0n) is 41.9. The number of fused-ring (bicyclic) bond motifs is 2. The van der Waals surface area contributed by atoms with Crippen molar-refractivity contribution in [3.05, 3.63) is 77.0 Å². The minimum absolute atomic E-state index is 0.000684. The second-order valence-electron chi connectivity index (χ2n) is 21.9. The van der Waals surface area contributed by atoms with Gasteiger partial charge in [-0.2, -0.15) is 9.97 Å². The van der Waals surface area contributed by atoms with E-state index in [1.165, 1.54) is 49.9 Å². The van der Waals surface area contributed by atoms with Crippen LogP contribution >= 0.6 is 0 Å². The molecule has 2 aromatic heterocycles. The average Bonchev–Trinajstić information content (AvgIpc) is 4.21. The molecule has 2 aliphatic carbocycles. The minimum atomic E-state index is -0.719. The quantitative estimate of drug-likeness (QED) is 0.122. The number of imide groups is 1. The zero-order valence-corrected chi connectivity index (χ0v) is 41.9. The number of carbonyl (C=O) groups is 3. The molecule has 73 heavy (non-hydrogen) atoms. The molecule has 4 aliphatic heterocycles. The monoisotopic (exact) mass is 994 g/mol. The molecule has 0 unspecified atom stereocenters. The summed E-state index contributed by atoms with van der Waals surface area (Å²) in [6.07, 6.45) is 20.7. The van der Waals surface area contributed by atoms with Crippen molar-refractivity contribution in [3.8, 4) is 35.4 Å². The molecule has 2 saturated carbocycles. The van der Waals surface area contributed by atoms with Crippen molar-refractivity contribution in [3.63, 3.8) is 0 Å². The number of halogens is 2. The van der Waals surface area contributed by atoms with E-state index >= 15 is 8.78 Å². The lowest BCUT2D eigenvalue weighted by Crippen LogP contribution is -2.50. The molecule has 6 heterocycles. The molecule has 0 atom stereocenters. The first-order valence-electron chi connectivity index (χ1n) is 26.5. The first kappa shape index (κ1) is 48.8.